The van der Waals surface area contributed by atoms with Gasteiger partial charge in [0.05, 0.1) is 17.8 Å². The van der Waals surface area contributed by atoms with Crippen molar-refractivity contribution in [1.82, 2.24) is 0 Å². The van der Waals surface area contributed by atoms with E-state index in [1.165, 1.54) is 14.0 Å². The van der Waals surface area contributed by atoms with Crippen LogP contribution in [0.5, 0.6) is 0 Å². The van der Waals surface area contributed by atoms with E-state index in [0.29, 0.717) is 12.8 Å². The summed E-state index contributed by atoms with van der Waals surface area (Å²) in [5.41, 5.74) is -6.39. The maximum absolute atomic E-state index is 13.1. The molecule has 7 atom stereocenters. The molecule has 6 nitrogen and oxygen atoms in total. The first kappa shape index (κ1) is 23.5. The molecule has 0 aromatic heterocycles. The van der Waals surface area contributed by atoms with Crippen LogP contribution >= 0.6 is 0 Å². The summed E-state index contributed by atoms with van der Waals surface area (Å²) in [5, 5.41) is 34.7. The number of methoxy groups -OCH3 is 1. The Bertz CT molecular complexity index is 643. The van der Waals surface area contributed by atoms with E-state index < -0.39 is 57.6 Å². The summed E-state index contributed by atoms with van der Waals surface area (Å²) in [7, 11) is 1.44. The summed E-state index contributed by atoms with van der Waals surface area (Å²) in [4.78, 5) is 13.1. The summed E-state index contributed by atoms with van der Waals surface area (Å²) in [5.74, 6) is -1.10. The minimum absolute atomic E-state index is 0.418. The van der Waals surface area contributed by atoms with E-state index in [1.54, 1.807) is 33.8 Å². The van der Waals surface area contributed by atoms with Gasteiger partial charge in [0.1, 0.15) is 11.7 Å². The van der Waals surface area contributed by atoms with Crippen molar-refractivity contribution < 1.29 is 29.6 Å². The zero-order valence-corrected chi connectivity index (χ0v) is 18.6. The number of carbonyl (C=O) groups excluding carboxylic acids is 1. The van der Waals surface area contributed by atoms with E-state index in [-0.39, 0.29) is 0 Å². The average molecular weight is 399 g/mol. The quantitative estimate of drug-likeness (QED) is 0.615. The smallest absolute Gasteiger partial charge is 0.165 e. The zero-order valence-electron chi connectivity index (χ0n) is 18.6. The summed E-state index contributed by atoms with van der Waals surface area (Å²) in [6.45, 7) is 15.9. The number of aliphatic hydroxyl groups is 3. The SMILES string of the molecule is C=CC(C)(C)OC1(C)C(OC)C(O)C2C(C)(C)CC[C@@H](O)C2(C)[C@]1(O)C(C)=O. The zero-order chi connectivity index (χ0) is 21.9. The lowest BCUT2D eigenvalue weighted by molar-refractivity contribution is -0.360. The number of ether oxygens (including phenoxy) is 2. The Morgan fingerprint density at radius 1 is 1.21 bits per heavy atom. The van der Waals surface area contributed by atoms with Gasteiger partial charge in [0.2, 0.25) is 0 Å². The van der Waals surface area contributed by atoms with Gasteiger partial charge >= 0.3 is 0 Å². The number of hydrogen-bond donors (Lipinski definition) is 3. The Hall–Kier alpha value is -0.790. The van der Waals surface area contributed by atoms with Crippen LogP contribution in [0, 0.1) is 16.7 Å². The van der Waals surface area contributed by atoms with Gasteiger partial charge in [-0.1, -0.05) is 26.8 Å². The maximum Gasteiger partial charge on any atom is 0.165 e. The minimum atomic E-state index is -2.10. The number of ketones is 1. The van der Waals surface area contributed by atoms with Gasteiger partial charge in [-0.25, -0.2) is 0 Å². The normalized spacial score (nSPS) is 46.0. The number of rotatable bonds is 5. The van der Waals surface area contributed by atoms with Crippen molar-refractivity contribution in [2.24, 2.45) is 16.7 Å². The molecular formula is C22H38O6. The molecule has 0 radical (unpaired) electrons. The Labute approximate surface area is 168 Å². The maximum atomic E-state index is 13.1. The molecule has 0 aromatic carbocycles. The Kier molecular flexibility index (Phi) is 5.77. The molecule has 6 heteroatoms. The van der Waals surface area contributed by atoms with E-state index in [4.69, 9.17) is 9.47 Å². The highest BCUT2D eigenvalue weighted by Crippen LogP contribution is 2.65. The van der Waals surface area contributed by atoms with Crippen molar-refractivity contribution in [3.05, 3.63) is 12.7 Å². The highest BCUT2D eigenvalue weighted by Gasteiger charge is 2.78. The van der Waals surface area contributed by atoms with E-state index in [0.717, 1.165) is 0 Å². The largest absolute Gasteiger partial charge is 0.392 e. The number of Topliss-reactive ketones (excluding diaryl/α,β-unsaturated/α-hetero) is 1. The van der Waals surface area contributed by atoms with Crippen molar-refractivity contribution in [2.45, 2.75) is 96.4 Å². The number of fused-ring (bicyclic) bond motifs is 1. The van der Waals surface area contributed by atoms with Gasteiger partial charge in [0.25, 0.3) is 0 Å². The van der Waals surface area contributed by atoms with Crippen LogP contribution in [0.2, 0.25) is 0 Å². The minimum Gasteiger partial charge on any atom is -0.392 e. The second-order valence-corrected chi connectivity index (χ2v) is 10.2. The summed E-state index contributed by atoms with van der Waals surface area (Å²) in [6.07, 6.45) is -0.366. The molecule has 0 aliphatic heterocycles. The summed E-state index contributed by atoms with van der Waals surface area (Å²) in [6, 6.07) is 0. The summed E-state index contributed by atoms with van der Waals surface area (Å²) >= 11 is 0. The first-order valence-electron chi connectivity index (χ1n) is 10.0. The standard InChI is InChI=1S/C22H38O6/c1-10-19(5,6)28-21(8)17(27-9)15(25)16-18(3,4)12-11-14(24)20(16,7)22(21,26)13(2)23/h10,14-17,24-26H,1,11-12H2,2-9H3/t14-,15?,16?,17?,20?,21?,22-/m1/s1. The van der Waals surface area contributed by atoms with Gasteiger partial charge in [-0.3, -0.25) is 4.79 Å². The molecule has 3 N–H and O–H groups in total. The highest BCUT2D eigenvalue weighted by molar-refractivity contribution is 5.88. The second kappa shape index (κ2) is 6.88. The lowest BCUT2D eigenvalue weighted by atomic mass is 9.40. The van der Waals surface area contributed by atoms with Crippen LogP contribution in [0.3, 0.4) is 0 Å². The molecule has 0 spiro atoms. The topological polar surface area (TPSA) is 96.2 Å². The Morgan fingerprint density at radius 2 is 1.75 bits per heavy atom. The first-order chi connectivity index (χ1) is 12.6. The van der Waals surface area contributed by atoms with E-state index >= 15 is 0 Å². The number of carbonyl (C=O) groups is 1. The predicted molar refractivity (Wildman–Crippen MR) is 107 cm³/mol. The molecule has 2 aliphatic rings. The van der Waals surface area contributed by atoms with Gasteiger partial charge in [0, 0.05) is 18.4 Å². The molecule has 2 aliphatic carbocycles. The van der Waals surface area contributed by atoms with Crippen molar-refractivity contribution in [3.8, 4) is 0 Å². The Balaban J connectivity index is 2.87. The molecule has 162 valence electrons. The molecule has 0 heterocycles. The van der Waals surface area contributed by atoms with Crippen LogP contribution in [0.1, 0.15) is 61.3 Å². The van der Waals surface area contributed by atoms with E-state index in [9.17, 15) is 20.1 Å². The van der Waals surface area contributed by atoms with Crippen molar-refractivity contribution >= 4 is 5.78 Å². The van der Waals surface area contributed by atoms with Crippen molar-refractivity contribution in [2.75, 3.05) is 7.11 Å². The highest BCUT2D eigenvalue weighted by atomic mass is 16.6. The number of hydrogen-bond acceptors (Lipinski definition) is 6. The van der Waals surface area contributed by atoms with E-state index in [1.807, 2.05) is 13.8 Å². The third kappa shape index (κ3) is 2.83. The van der Waals surface area contributed by atoms with E-state index in [2.05, 4.69) is 6.58 Å². The lowest BCUT2D eigenvalue weighted by Gasteiger charge is -2.69. The third-order valence-electron chi connectivity index (χ3n) is 7.67. The molecule has 2 saturated carbocycles. The molecule has 2 fully saturated rings. The molecule has 5 unspecified atom stereocenters. The lowest BCUT2D eigenvalue weighted by Crippen LogP contribution is -2.84. The Morgan fingerprint density at radius 3 is 2.18 bits per heavy atom. The van der Waals surface area contributed by atoms with Gasteiger partial charge in [-0.05, 0) is 46.0 Å². The molecule has 0 aromatic rings. The molecule has 28 heavy (non-hydrogen) atoms. The molecule has 0 amide bonds. The van der Waals surface area contributed by atoms with Crippen LogP contribution in [0.15, 0.2) is 12.7 Å². The fraction of sp³-hybridized carbons (Fsp3) is 0.864. The second-order valence-electron chi connectivity index (χ2n) is 10.2. The molecular weight excluding hydrogens is 360 g/mol. The molecule has 0 bridgehead atoms. The van der Waals surface area contributed by atoms with Crippen molar-refractivity contribution in [1.29, 1.82) is 0 Å². The fourth-order valence-electron chi connectivity index (χ4n) is 6.32. The first-order valence-corrected chi connectivity index (χ1v) is 10.0. The third-order valence-corrected chi connectivity index (χ3v) is 7.67. The van der Waals surface area contributed by atoms with Crippen molar-refractivity contribution in [3.63, 3.8) is 0 Å². The molecule has 2 rings (SSSR count). The van der Waals surface area contributed by atoms with Crippen LogP contribution in [0.4, 0.5) is 0 Å². The summed E-state index contributed by atoms with van der Waals surface area (Å²) < 4.78 is 12.0. The van der Waals surface area contributed by atoms with Gasteiger partial charge in [-0.15, -0.1) is 6.58 Å². The van der Waals surface area contributed by atoms with Crippen LogP contribution in [0.25, 0.3) is 0 Å². The van der Waals surface area contributed by atoms with Gasteiger partial charge < -0.3 is 24.8 Å². The predicted octanol–water partition coefficient (Wildman–Crippen LogP) is 2.24. The number of aliphatic hydroxyl groups excluding tert-OH is 2. The van der Waals surface area contributed by atoms with Gasteiger partial charge in [-0.2, -0.15) is 0 Å². The monoisotopic (exact) mass is 398 g/mol. The fourth-order valence-corrected chi connectivity index (χ4v) is 6.32. The van der Waals surface area contributed by atoms with Crippen LogP contribution in [-0.2, 0) is 14.3 Å². The molecule has 0 saturated heterocycles. The van der Waals surface area contributed by atoms with Crippen LogP contribution in [-0.4, -0.2) is 63.3 Å². The van der Waals surface area contributed by atoms with Crippen LogP contribution < -0.4 is 0 Å². The average Bonchev–Trinajstić information content (AvgIpc) is 2.56. The van der Waals surface area contributed by atoms with Gasteiger partial charge in [0.15, 0.2) is 11.4 Å².